The first-order chi connectivity index (χ1) is 14.0. The van der Waals surface area contributed by atoms with Gasteiger partial charge in [0.05, 0.1) is 12.1 Å². The van der Waals surface area contributed by atoms with Crippen LogP contribution in [0, 0.1) is 11.7 Å². The fourth-order valence-electron chi connectivity index (χ4n) is 5.34. The number of carbonyl (C=O) groups is 1. The lowest BCUT2D eigenvalue weighted by molar-refractivity contribution is -0.196. The third-order valence-electron chi connectivity index (χ3n) is 7.10. The summed E-state index contributed by atoms with van der Waals surface area (Å²) in [6.07, 6.45) is 2.55. The topological polar surface area (TPSA) is 43.8 Å². The van der Waals surface area contributed by atoms with Crippen molar-refractivity contribution in [1.82, 2.24) is 9.80 Å². The van der Waals surface area contributed by atoms with E-state index in [9.17, 15) is 14.3 Å². The average Bonchev–Trinajstić information content (AvgIpc) is 3.49. The van der Waals surface area contributed by atoms with Gasteiger partial charge in [0.25, 0.3) is 0 Å². The smallest absolute Gasteiger partial charge is 0.219 e. The Kier molecular flexibility index (Phi) is 4.48. The molecule has 0 aromatic heterocycles. The molecule has 0 bridgehead atoms. The molecule has 1 amide bonds. The fourth-order valence-corrected chi connectivity index (χ4v) is 5.34. The van der Waals surface area contributed by atoms with Gasteiger partial charge in [0, 0.05) is 38.5 Å². The van der Waals surface area contributed by atoms with Crippen LogP contribution in [-0.4, -0.2) is 58.6 Å². The monoisotopic (exact) mass is 394 g/mol. The lowest BCUT2D eigenvalue weighted by Crippen LogP contribution is -2.85. The number of likely N-dealkylation sites (tertiary alicyclic amines) is 2. The molecule has 2 atom stereocenters. The highest BCUT2D eigenvalue weighted by atomic mass is 19.1. The summed E-state index contributed by atoms with van der Waals surface area (Å²) in [6, 6.07) is 15.1. The van der Waals surface area contributed by atoms with E-state index in [1.54, 1.807) is 19.1 Å². The molecule has 2 aromatic rings. The van der Waals surface area contributed by atoms with Crippen LogP contribution in [0.4, 0.5) is 4.39 Å². The lowest BCUT2D eigenvalue weighted by Gasteiger charge is -2.71. The minimum absolute atomic E-state index is 0.0426. The fraction of sp³-hybridized carbons (Fsp3) is 0.458. The summed E-state index contributed by atoms with van der Waals surface area (Å²) in [5.41, 5.74) is 3.21. The number of nitrogens with zero attached hydrogens (tertiary/aromatic N) is 2. The van der Waals surface area contributed by atoms with Crippen molar-refractivity contribution in [2.45, 2.75) is 37.3 Å². The molecule has 2 aliphatic heterocycles. The largest absolute Gasteiger partial charge is 0.395 e. The van der Waals surface area contributed by atoms with E-state index in [1.165, 1.54) is 30.5 Å². The van der Waals surface area contributed by atoms with Crippen LogP contribution in [0.3, 0.4) is 0 Å². The molecule has 5 rings (SSSR count). The Hall–Kier alpha value is -2.24. The third-order valence-corrected chi connectivity index (χ3v) is 7.10. The number of rotatable bonds is 5. The van der Waals surface area contributed by atoms with Crippen LogP contribution in [0.5, 0.6) is 0 Å². The zero-order valence-corrected chi connectivity index (χ0v) is 16.7. The van der Waals surface area contributed by atoms with Crippen molar-refractivity contribution in [2.24, 2.45) is 5.92 Å². The maximum Gasteiger partial charge on any atom is 0.219 e. The molecule has 29 heavy (non-hydrogen) atoms. The summed E-state index contributed by atoms with van der Waals surface area (Å²) in [4.78, 5) is 16.2. The summed E-state index contributed by atoms with van der Waals surface area (Å²) in [6.45, 7) is 4.29. The molecule has 3 fully saturated rings. The number of benzene rings is 2. The predicted octanol–water partition coefficient (Wildman–Crippen LogP) is 3.26. The Balaban J connectivity index is 1.41. The third kappa shape index (κ3) is 3.08. The van der Waals surface area contributed by atoms with Crippen molar-refractivity contribution in [3.63, 3.8) is 0 Å². The van der Waals surface area contributed by atoms with E-state index in [0.717, 1.165) is 36.7 Å². The van der Waals surface area contributed by atoms with E-state index in [-0.39, 0.29) is 35.8 Å². The number of aliphatic hydroxyl groups is 1. The van der Waals surface area contributed by atoms with Crippen LogP contribution in [-0.2, 0) is 4.79 Å². The van der Waals surface area contributed by atoms with E-state index in [4.69, 9.17) is 0 Å². The summed E-state index contributed by atoms with van der Waals surface area (Å²) < 4.78 is 13.2. The molecular formula is C24H27FN2O2. The number of carbonyl (C=O) groups excluding carboxylic acids is 1. The van der Waals surface area contributed by atoms with Gasteiger partial charge in [-0.3, -0.25) is 9.69 Å². The van der Waals surface area contributed by atoms with E-state index in [1.807, 2.05) is 4.90 Å². The molecule has 1 aliphatic carbocycles. The van der Waals surface area contributed by atoms with Crippen molar-refractivity contribution in [3.05, 3.63) is 59.9 Å². The maximum atomic E-state index is 13.2. The Morgan fingerprint density at radius 3 is 2.17 bits per heavy atom. The van der Waals surface area contributed by atoms with Gasteiger partial charge in [0.1, 0.15) is 5.82 Å². The Labute approximate surface area is 170 Å². The summed E-state index contributed by atoms with van der Waals surface area (Å²) >= 11 is 0. The Morgan fingerprint density at radius 2 is 1.66 bits per heavy atom. The Bertz CT molecular complexity index is 901. The van der Waals surface area contributed by atoms with Crippen LogP contribution < -0.4 is 0 Å². The first-order valence-electron chi connectivity index (χ1n) is 10.5. The average molecular weight is 394 g/mol. The molecule has 152 valence electrons. The van der Waals surface area contributed by atoms with Crippen LogP contribution in [0.25, 0.3) is 11.1 Å². The summed E-state index contributed by atoms with van der Waals surface area (Å²) in [5.74, 6) is 0.862. The number of halogens is 1. The van der Waals surface area contributed by atoms with Crippen molar-refractivity contribution in [3.8, 4) is 11.1 Å². The summed E-state index contributed by atoms with van der Waals surface area (Å²) in [5, 5.41) is 10.1. The Morgan fingerprint density at radius 1 is 1.07 bits per heavy atom. The van der Waals surface area contributed by atoms with Crippen molar-refractivity contribution < 1.29 is 14.3 Å². The van der Waals surface area contributed by atoms with Gasteiger partial charge in [-0.2, -0.15) is 0 Å². The second-order valence-corrected chi connectivity index (χ2v) is 8.93. The van der Waals surface area contributed by atoms with Gasteiger partial charge in [0.15, 0.2) is 0 Å². The van der Waals surface area contributed by atoms with Gasteiger partial charge in [-0.25, -0.2) is 4.39 Å². The lowest BCUT2D eigenvalue weighted by atomic mass is 9.60. The quantitative estimate of drug-likeness (QED) is 0.847. The minimum atomic E-state index is -0.233. The molecule has 1 N–H and O–H groups in total. The number of hydrogen-bond donors (Lipinski definition) is 1. The zero-order valence-electron chi connectivity index (χ0n) is 16.7. The van der Waals surface area contributed by atoms with E-state index in [0.29, 0.717) is 0 Å². The first-order valence-corrected chi connectivity index (χ1v) is 10.5. The number of aliphatic hydroxyl groups excluding tert-OH is 1. The van der Waals surface area contributed by atoms with Gasteiger partial charge in [-0.05, 0) is 47.6 Å². The molecule has 5 heteroatoms. The molecule has 2 aromatic carbocycles. The van der Waals surface area contributed by atoms with Crippen molar-refractivity contribution in [1.29, 1.82) is 0 Å². The highest BCUT2D eigenvalue weighted by Gasteiger charge is 2.66. The van der Waals surface area contributed by atoms with E-state index >= 15 is 0 Å². The molecule has 4 nitrogen and oxygen atoms in total. The second-order valence-electron chi connectivity index (χ2n) is 8.93. The van der Waals surface area contributed by atoms with Crippen molar-refractivity contribution >= 4 is 5.91 Å². The zero-order chi connectivity index (χ0) is 20.2. The van der Waals surface area contributed by atoms with Gasteiger partial charge in [0.2, 0.25) is 5.91 Å². The molecule has 2 heterocycles. The van der Waals surface area contributed by atoms with Gasteiger partial charge >= 0.3 is 0 Å². The maximum absolute atomic E-state index is 13.2. The normalized spacial score (nSPS) is 25.6. The first kappa shape index (κ1) is 18.8. The standard InChI is InChI=1S/C24H27FN2O2/c1-16(29)26-14-24(15-26)23(22(13-28)27(24)12-17-2-3-17)20-6-4-18(5-7-20)19-8-10-21(25)11-9-19/h4-11,17,22-23,28H,2-3,12-15H2,1H3/t22-,23+/m0/s1. The molecule has 1 spiro atoms. The van der Waals surface area contributed by atoms with Gasteiger partial charge in [-0.1, -0.05) is 36.4 Å². The van der Waals surface area contributed by atoms with E-state index < -0.39 is 0 Å². The van der Waals surface area contributed by atoms with Crippen molar-refractivity contribution in [2.75, 3.05) is 26.2 Å². The molecule has 0 radical (unpaired) electrons. The molecule has 2 saturated heterocycles. The number of amides is 1. The predicted molar refractivity (Wildman–Crippen MR) is 110 cm³/mol. The van der Waals surface area contributed by atoms with Gasteiger partial charge < -0.3 is 10.0 Å². The molecular weight excluding hydrogens is 367 g/mol. The van der Waals surface area contributed by atoms with Crippen LogP contribution >= 0.6 is 0 Å². The molecule has 0 unspecified atom stereocenters. The highest BCUT2D eigenvalue weighted by Crippen LogP contribution is 2.55. The number of hydrogen-bond acceptors (Lipinski definition) is 3. The van der Waals surface area contributed by atoms with Crippen LogP contribution in [0.1, 0.15) is 31.2 Å². The minimum Gasteiger partial charge on any atom is -0.395 e. The second kappa shape index (κ2) is 6.92. The SMILES string of the molecule is CC(=O)N1CC2(C1)[C@H](c1ccc(-c3ccc(F)cc3)cc1)[C@H](CO)N2CC1CC1. The van der Waals surface area contributed by atoms with E-state index in [2.05, 4.69) is 29.2 Å². The highest BCUT2D eigenvalue weighted by molar-refractivity contribution is 5.75. The molecule has 1 saturated carbocycles. The van der Waals surface area contributed by atoms with Crippen LogP contribution in [0.15, 0.2) is 48.5 Å². The van der Waals surface area contributed by atoms with Gasteiger partial charge in [-0.15, -0.1) is 0 Å². The summed E-state index contributed by atoms with van der Waals surface area (Å²) in [7, 11) is 0. The van der Waals surface area contributed by atoms with Crippen LogP contribution in [0.2, 0.25) is 0 Å². The molecule has 3 aliphatic rings.